The first-order chi connectivity index (χ1) is 7.11. The molecule has 0 amide bonds. The van der Waals surface area contributed by atoms with Crippen LogP contribution in [0.2, 0.25) is 0 Å². The van der Waals surface area contributed by atoms with Crippen molar-refractivity contribution in [2.75, 3.05) is 0 Å². The van der Waals surface area contributed by atoms with E-state index in [0.717, 1.165) is 17.2 Å². The molecule has 0 aliphatic heterocycles. The van der Waals surface area contributed by atoms with E-state index in [1.54, 1.807) is 19.1 Å². The highest BCUT2D eigenvalue weighted by Crippen LogP contribution is 2.02. The molecular formula is C11H12N2O2. The monoisotopic (exact) mass is 204 g/mol. The maximum Gasteiger partial charge on any atom is 0.203 e. The minimum atomic E-state index is 0.377. The zero-order valence-corrected chi connectivity index (χ0v) is 8.94. The van der Waals surface area contributed by atoms with Crippen molar-refractivity contribution in [2.24, 2.45) is 0 Å². The van der Waals surface area contributed by atoms with Gasteiger partial charge < -0.3 is 8.94 Å². The SMILES string of the molecule is Cc1cc(C)on1.Cc1ccc(C#N)o1. The van der Waals surface area contributed by atoms with Gasteiger partial charge >= 0.3 is 0 Å². The zero-order chi connectivity index (χ0) is 11.3. The van der Waals surface area contributed by atoms with E-state index in [2.05, 4.69) is 5.16 Å². The van der Waals surface area contributed by atoms with Gasteiger partial charge in [0.1, 0.15) is 17.6 Å². The van der Waals surface area contributed by atoms with E-state index in [0.29, 0.717) is 5.76 Å². The Balaban J connectivity index is 0.000000151. The number of nitriles is 1. The summed E-state index contributed by atoms with van der Waals surface area (Å²) in [5.41, 5.74) is 0.942. The van der Waals surface area contributed by atoms with Crippen molar-refractivity contribution in [1.82, 2.24) is 5.16 Å². The second-order valence-electron chi connectivity index (χ2n) is 3.10. The summed E-state index contributed by atoms with van der Waals surface area (Å²) >= 11 is 0. The van der Waals surface area contributed by atoms with E-state index in [9.17, 15) is 0 Å². The van der Waals surface area contributed by atoms with Crippen LogP contribution >= 0.6 is 0 Å². The Hall–Kier alpha value is -2.02. The molecule has 4 heteroatoms. The first kappa shape index (κ1) is 11.1. The maximum absolute atomic E-state index is 8.21. The average Bonchev–Trinajstić information content (AvgIpc) is 2.76. The third-order valence-corrected chi connectivity index (χ3v) is 1.60. The molecule has 0 unspecified atom stereocenters. The van der Waals surface area contributed by atoms with Crippen LogP contribution in [-0.4, -0.2) is 5.16 Å². The topological polar surface area (TPSA) is 63.0 Å². The second-order valence-corrected chi connectivity index (χ2v) is 3.10. The first-order valence-electron chi connectivity index (χ1n) is 4.48. The van der Waals surface area contributed by atoms with Crippen LogP contribution in [0.5, 0.6) is 0 Å². The molecule has 0 saturated heterocycles. The minimum Gasteiger partial charge on any atom is -0.451 e. The van der Waals surface area contributed by atoms with Crippen LogP contribution in [0.3, 0.4) is 0 Å². The fraction of sp³-hybridized carbons (Fsp3) is 0.273. The molecule has 0 spiro atoms. The van der Waals surface area contributed by atoms with Crippen molar-refractivity contribution in [3.8, 4) is 6.07 Å². The van der Waals surface area contributed by atoms with Crippen LogP contribution in [0.1, 0.15) is 23.0 Å². The Kier molecular flexibility index (Phi) is 3.69. The van der Waals surface area contributed by atoms with Crippen molar-refractivity contribution in [3.63, 3.8) is 0 Å². The van der Waals surface area contributed by atoms with Crippen LogP contribution in [0.15, 0.2) is 27.1 Å². The predicted molar refractivity (Wildman–Crippen MR) is 54.1 cm³/mol. The lowest BCUT2D eigenvalue weighted by Gasteiger charge is -1.74. The number of hydrogen-bond acceptors (Lipinski definition) is 4. The van der Waals surface area contributed by atoms with E-state index in [1.165, 1.54) is 0 Å². The molecule has 78 valence electrons. The van der Waals surface area contributed by atoms with E-state index in [1.807, 2.05) is 26.0 Å². The zero-order valence-electron chi connectivity index (χ0n) is 8.94. The van der Waals surface area contributed by atoms with Crippen LogP contribution in [-0.2, 0) is 0 Å². The van der Waals surface area contributed by atoms with Gasteiger partial charge in [0.25, 0.3) is 0 Å². The molecule has 0 aromatic carbocycles. The molecule has 0 radical (unpaired) electrons. The Bertz CT molecular complexity index is 446. The Labute approximate surface area is 88.1 Å². The van der Waals surface area contributed by atoms with Crippen molar-refractivity contribution in [1.29, 1.82) is 5.26 Å². The summed E-state index contributed by atoms with van der Waals surface area (Å²) in [4.78, 5) is 0. The molecule has 4 nitrogen and oxygen atoms in total. The molecule has 0 atom stereocenters. The molecular weight excluding hydrogens is 192 g/mol. The van der Waals surface area contributed by atoms with Gasteiger partial charge in [-0.1, -0.05) is 5.16 Å². The summed E-state index contributed by atoms with van der Waals surface area (Å²) in [5.74, 6) is 2.03. The molecule has 0 bridgehead atoms. The molecule has 2 aromatic heterocycles. The molecule has 0 saturated carbocycles. The molecule has 2 rings (SSSR count). The third kappa shape index (κ3) is 3.69. The normalized spacial score (nSPS) is 8.93. The van der Waals surface area contributed by atoms with Crippen molar-refractivity contribution in [3.05, 3.63) is 41.2 Å². The van der Waals surface area contributed by atoms with E-state index >= 15 is 0 Å². The molecule has 0 aliphatic rings. The van der Waals surface area contributed by atoms with Gasteiger partial charge in [-0.2, -0.15) is 5.26 Å². The Morgan fingerprint density at radius 3 is 2.13 bits per heavy atom. The molecule has 15 heavy (non-hydrogen) atoms. The number of furan rings is 1. The predicted octanol–water partition coefficient (Wildman–Crippen LogP) is 2.75. The largest absolute Gasteiger partial charge is 0.451 e. The average molecular weight is 204 g/mol. The smallest absolute Gasteiger partial charge is 0.203 e. The van der Waals surface area contributed by atoms with Gasteiger partial charge in [-0.25, -0.2) is 0 Å². The summed E-state index contributed by atoms with van der Waals surface area (Å²) in [6, 6.07) is 7.18. The molecule has 2 aromatic rings. The van der Waals surface area contributed by atoms with Crippen molar-refractivity contribution < 1.29 is 8.94 Å². The number of rotatable bonds is 0. The Morgan fingerprint density at radius 1 is 1.20 bits per heavy atom. The van der Waals surface area contributed by atoms with Gasteiger partial charge in [0.05, 0.1) is 5.69 Å². The fourth-order valence-corrected chi connectivity index (χ4v) is 0.985. The number of aromatic nitrogens is 1. The van der Waals surface area contributed by atoms with Gasteiger partial charge in [0.15, 0.2) is 0 Å². The van der Waals surface area contributed by atoms with Crippen LogP contribution in [0.4, 0.5) is 0 Å². The molecule has 0 N–H and O–H groups in total. The van der Waals surface area contributed by atoms with Gasteiger partial charge in [-0.15, -0.1) is 0 Å². The van der Waals surface area contributed by atoms with Crippen LogP contribution < -0.4 is 0 Å². The van der Waals surface area contributed by atoms with Crippen molar-refractivity contribution >= 4 is 0 Å². The van der Waals surface area contributed by atoms with Gasteiger partial charge in [0.2, 0.25) is 5.76 Å². The Morgan fingerprint density at radius 2 is 1.93 bits per heavy atom. The number of aryl methyl sites for hydroxylation is 3. The lowest BCUT2D eigenvalue weighted by atomic mass is 10.4. The maximum atomic E-state index is 8.21. The van der Waals surface area contributed by atoms with Crippen molar-refractivity contribution in [2.45, 2.75) is 20.8 Å². The summed E-state index contributed by atoms with van der Waals surface area (Å²) < 4.78 is 9.59. The number of hydrogen-bond donors (Lipinski definition) is 0. The second kappa shape index (κ2) is 5.01. The summed E-state index contributed by atoms with van der Waals surface area (Å²) in [6.07, 6.45) is 0. The quantitative estimate of drug-likeness (QED) is 0.661. The summed E-state index contributed by atoms with van der Waals surface area (Å²) in [7, 11) is 0. The molecule has 0 fully saturated rings. The van der Waals surface area contributed by atoms with Gasteiger partial charge in [0, 0.05) is 6.07 Å². The lowest BCUT2D eigenvalue weighted by molar-refractivity contribution is 0.393. The third-order valence-electron chi connectivity index (χ3n) is 1.60. The molecule has 2 heterocycles. The van der Waals surface area contributed by atoms with Crippen LogP contribution in [0, 0.1) is 32.1 Å². The van der Waals surface area contributed by atoms with Crippen LogP contribution in [0.25, 0.3) is 0 Å². The highest BCUT2D eigenvalue weighted by molar-refractivity contribution is 5.18. The highest BCUT2D eigenvalue weighted by Gasteiger charge is 1.91. The first-order valence-corrected chi connectivity index (χ1v) is 4.48. The standard InChI is InChI=1S/C6H5NO.C5H7NO/c1-5-2-3-6(4-7)8-5;1-4-3-5(2)7-6-4/h2-3H,1H3;3H,1-2H3. The summed E-state index contributed by atoms with van der Waals surface area (Å²) in [6.45, 7) is 5.58. The highest BCUT2D eigenvalue weighted by atomic mass is 16.5. The van der Waals surface area contributed by atoms with E-state index < -0.39 is 0 Å². The van der Waals surface area contributed by atoms with Gasteiger partial charge in [-0.05, 0) is 32.9 Å². The van der Waals surface area contributed by atoms with E-state index in [-0.39, 0.29) is 0 Å². The lowest BCUT2D eigenvalue weighted by Crippen LogP contribution is -1.59. The minimum absolute atomic E-state index is 0.377. The summed E-state index contributed by atoms with van der Waals surface area (Å²) in [5, 5.41) is 11.8. The van der Waals surface area contributed by atoms with Gasteiger partial charge in [-0.3, -0.25) is 0 Å². The number of nitrogens with zero attached hydrogens (tertiary/aromatic N) is 2. The molecule has 0 aliphatic carbocycles. The van der Waals surface area contributed by atoms with E-state index in [4.69, 9.17) is 14.2 Å². The fourth-order valence-electron chi connectivity index (χ4n) is 0.985.